The number of likely N-dealkylation sites (tertiary alicyclic amines) is 1. The maximum atomic E-state index is 13.2. The van der Waals surface area contributed by atoms with Crippen LogP contribution in [-0.2, 0) is 22.5 Å². The monoisotopic (exact) mass is 443 g/mol. The highest BCUT2D eigenvalue weighted by Crippen LogP contribution is 2.39. The van der Waals surface area contributed by atoms with Crippen LogP contribution in [0.4, 0.5) is 0 Å². The number of phenolic OH excluding ortho intramolecular Hbond substituents is 1. The normalized spacial score (nSPS) is 18.8. The fourth-order valence-corrected chi connectivity index (χ4v) is 4.50. The van der Waals surface area contributed by atoms with Crippen molar-refractivity contribution in [3.63, 3.8) is 0 Å². The van der Waals surface area contributed by atoms with Crippen LogP contribution in [-0.4, -0.2) is 57.0 Å². The molecule has 0 spiro atoms. The van der Waals surface area contributed by atoms with Crippen LogP contribution in [0.3, 0.4) is 0 Å². The van der Waals surface area contributed by atoms with Gasteiger partial charge in [-0.1, -0.05) is 12.1 Å². The van der Waals surface area contributed by atoms with Crippen molar-refractivity contribution in [2.45, 2.75) is 32.7 Å². The van der Waals surface area contributed by atoms with Crippen LogP contribution in [0.25, 0.3) is 0 Å². The molecular weight excluding hydrogens is 410 g/mol. The van der Waals surface area contributed by atoms with Crippen LogP contribution in [0.15, 0.2) is 36.4 Å². The van der Waals surface area contributed by atoms with E-state index in [1.54, 1.807) is 19.2 Å². The first-order valence-corrected chi connectivity index (χ1v) is 10.9. The topological polar surface area (TPSA) is 77.5 Å². The zero-order valence-electron chi connectivity index (χ0n) is 19.3. The SMILES string of the molecule is CCOC(=O)C1(Cc2cccc(OC)c2)CCCN(Cc2cc(OC)c(O)c(OC)c2)C1. The van der Waals surface area contributed by atoms with E-state index in [2.05, 4.69) is 4.90 Å². The standard InChI is InChI=1S/C25H33NO6/c1-5-32-24(28)25(15-18-8-6-9-20(12-18)29-2)10-7-11-26(17-25)16-19-13-21(30-3)23(27)22(14-19)31-4/h6,8-9,12-14,27H,5,7,10-11,15-17H2,1-4H3. The van der Waals surface area contributed by atoms with Crippen molar-refractivity contribution in [3.05, 3.63) is 47.5 Å². The molecular formula is C25H33NO6. The maximum Gasteiger partial charge on any atom is 0.313 e. The minimum absolute atomic E-state index is 0.0173. The smallest absolute Gasteiger partial charge is 0.313 e. The van der Waals surface area contributed by atoms with E-state index < -0.39 is 5.41 Å². The molecule has 174 valence electrons. The lowest BCUT2D eigenvalue weighted by Crippen LogP contribution is -2.49. The summed E-state index contributed by atoms with van der Waals surface area (Å²) >= 11 is 0. The van der Waals surface area contributed by atoms with E-state index in [1.807, 2.05) is 31.2 Å². The Bertz CT molecular complexity index is 905. The number of benzene rings is 2. The van der Waals surface area contributed by atoms with Crippen LogP contribution in [0, 0.1) is 5.41 Å². The van der Waals surface area contributed by atoms with Crippen molar-refractivity contribution >= 4 is 5.97 Å². The Morgan fingerprint density at radius 2 is 1.78 bits per heavy atom. The van der Waals surface area contributed by atoms with E-state index in [4.69, 9.17) is 18.9 Å². The molecule has 0 saturated carbocycles. The van der Waals surface area contributed by atoms with Gasteiger partial charge in [0.05, 0.1) is 33.4 Å². The van der Waals surface area contributed by atoms with E-state index >= 15 is 0 Å². The van der Waals surface area contributed by atoms with Gasteiger partial charge in [0.25, 0.3) is 0 Å². The Kier molecular flexibility index (Phi) is 7.85. The van der Waals surface area contributed by atoms with Gasteiger partial charge in [0.2, 0.25) is 5.75 Å². The summed E-state index contributed by atoms with van der Waals surface area (Å²) in [5.41, 5.74) is 1.36. The highest BCUT2D eigenvalue weighted by molar-refractivity contribution is 5.78. The maximum absolute atomic E-state index is 13.2. The third kappa shape index (κ3) is 5.27. The molecule has 1 unspecified atom stereocenters. The zero-order valence-corrected chi connectivity index (χ0v) is 19.3. The van der Waals surface area contributed by atoms with E-state index in [1.165, 1.54) is 14.2 Å². The minimum Gasteiger partial charge on any atom is -0.502 e. The molecule has 2 aromatic rings. The van der Waals surface area contributed by atoms with Crippen LogP contribution in [0.1, 0.15) is 30.9 Å². The predicted octanol–water partition coefficient (Wildman–Crippen LogP) is 3.81. The van der Waals surface area contributed by atoms with Gasteiger partial charge in [-0.25, -0.2) is 0 Å². The summed E-state index contributed by atoms with van der Waals surface area (Å²) < 4.78 is 21.5. The fourth-order valence-electron chi connectivity index (χ4n) is 4.50. The first kappa shape index (κ1) is 23.7. The lowest BCUT2D eigenvalue weighted by Gasteiger charge is -2.41. The molecule has 0 aliphatic carbocycles. The summed E-state index contributed by atoms with van der Waals surface area (Å²) in [7, 11) is 4.67. The quantitative estimate of drug-likeness (QED) is 0.591. The van der Waals surface area contributed by atoms with Gasteiger partial charge < -0.3 is 24.1 Å². The number of ether oxygens (including phenoxy) is 4. The van der Waals surface area contributed by atoms with Crippen molar-refractivity contribution in [2.75, 3.05) is 41.0 Å². The second kappa shape index (κ2) is 10.6. The first-order valence-electron chi connectivity index (χ1n) is 10.9. The number of aromatic hydroxyl groups is 1. The molecule has 1 aliphatic heterocycles. The van der Waals surface area contributed by atoms with Crippen molar-refractivity contribution in [2.24, 2.45) is 5.41 Å². The van der Waals surface area contributed by atoms with Gasteiger partial charge in [0.1, 0.15) is 5.75 Å². The van der Waals surface area contributed by atoms with Gasteiger partial charge in [-0.3, -0.25) is 9.69 Å². The van der Waals surface area contributed by atoms with Crippen LogP contribution < -0.4 is 14.2 Å². The molecule has 1 saturated heterocycles. The third-order valence-electron chi connectivity index (χ3n) is 5.99. The third-order valence-corrected chi connectivity index (χ3v) is 5.99. The number of hydrogen-bond acceptors (Lipinski definition) is 7. The van der Waals surface area contributed by atoms with Crippen molar-refractivity contribution in [3.8, 4) is 23.0 Å². The highest BCUT2D eigenvalue weighted by Gasteiger charge is 2.43. The summed E-state index contributed by atoms with van der Waals surface area (Å²) in [6, 6.07) is 11.5. The molecule has 7 heteroatoms. The number of piperidine rings is 1. The van der Waals surface area contributed by atoms with Crippen LogP contribution in [0.5, 0.6) is 23.0 Å². The number of rotatable bonds is 9. The van der Waals surface area contributed by atoms with Gasteiger partial charge in [0.15, 0.2) is 11.5 Å². The lowest BCUT2D eigenvalue weighted by atomic mass is 9.75. The van der Waals surface area contributed by atoms with E-state index in [0.717, 1.165) is 36.3 Å². The summed E-state index contributed by atoms with van der Waals surface area (Å²) in [6.45, 7) is 4.24. The Morgan fingerprint density at radius 1 is 1.06 bits per heavy atom. The highest BCUT2D eigenvalue weighted by atomic mass is 16.5. The van der Waals surface area contributed by atoms with Gasteiger partial charge in [-0.05, 0) is 68.1 Å². The van der Waals surface area contributed by atoms with Crippen LogP contribution >= 0.6 is 0 Å². The molecule has 1 fully saturated rings. The Hall–Kier alpha value is -2.93. The van der Waals surface area contributed by atoms with Crippen molar-refractivity contribution in [1.29, 1.82) is 0 Å². The summed E-state index contributed by atoms with van der Waals surface area (Å²) in [5, 5.41) is 10.2. The van der Waals surface area contributed by atoms with Crippen molar-refractivity contribution in [1.82, 2.24) is 4.90 Å². The number of carbonyl (C=O) groups is 1. The van der Waals surface area contributed by atoms with E-state index in [0.29, 0.717) is 37.6 Å². The molecule has 3 rings (SSSR count). The Balaban J connectivity index is 1.86. The molecule has 7 nitrogen and oxygen atoms in total. The molecule has 1 atom stereocenters. The van der Waals surface area contributed by atoms with Crippen LogP contribution in [0.2, 0.25) is 0 Å². The molecule has 2 aromatic carbocycles. The number of phenols is 1. The Morgan fingerprint density at radius 3 is 2.41 bits per heavy atom. The minimum atomic E-state index is -0.633. The van der Waals surface area contributed by atoms with Gasteiger partial charge in [-0.2, -0.15) is 0 Å². The second-order valence-electron chi connectivity index (χ2n) is 8.19. The number of carbonyl (C=O) groups excluding carboxylic acids is 1. The summed E-state index contributed by atoms with van der Waals surface area (Å²) in [5.74, 6) is 1.33. The molecule has 0 amide bonds. The average molecular weight is 444 g/mol. The predicted molar refractivity (Wildman–Crippen MR) is 121 cm³/mol. The van der Waals surface area contributed by atoms with Gasteiger partial charge in [-0.15, -0.1) is 0 Å². The molecule has 1 N–H and O–H groups in total. The van der Waals surface area contributed by atoms with Gasteiger partial charge in [0, 0.05) is 13.1 Å². The average Bonchev–Trinajstić information content (AvgIpc) is 2.80. The number of nitrogens with zero attached hydrogens (tertiary/aromatic N) is 1. The molecule has 0 radical (unpaired) electrons. The Labute approximate surface area is 189 Å². The number of hydrogen-bond donors (Lipinski definition) is 1. The van der Waals surface area contributed by atoms with Gasteiger partial charge >= 0.3 is 5.97 Å². The molecule has 0 aromatic heterocycles. The fraction of sp³-hybridized carbons (Fsp3) is 0.480. The zero-order chi connectivity index (χ0) is 23.1. The number of methoxy groups -OCH3 is 3. The molecule has 0 bridgehead atoms. The summed E-state index contributed by atoms with van der Waals surface area (Å²) in [6.07, 6.45) is 2.23. The first-order chi connectivity index (χ1) is 15.4. The second-order valence-corrected chi connectivity index (χ2v) is 8.19. The molecule has 32 heavy (non-hydrogen) atoms. The number of esters is 1. The summed E-state index contributed by atoms with van der Waals surface area (Å²) in [4.78, 5) is 15.4. The largest absolute Gasteiger partial charge is 0.502 e. The molecule has 1 heterocycles. The molecule has 1 aliphatic rings. The lowest BCUT2D eigenvalue weighted by molar-refractivity contribution is -0.159. The van der Waals surface area contributed by atoms with E-state index in [9.17, 15) is 9.90 Å². The van der Waals surface area contributed by atoms with E-state index in [-0.39, 0.29) is 11.7 Å². The van der Waals surface area contributed by atoms with Crippen molar-refractivity contribution < 1.29 is 28.8 Å².